The Labute approximate surface area is 177 Å². The molecule has 30 heavy (non-hydrogen) atoms. The molecule has 0 aromatic heterocycles. The molecule has 0 aliphatic carbocycles. The van der Waals surface area contributed by atoms with E-state index in [0.717, 1.165) is 29.7 Å². The van der Waals surface area contributed by atoms with E-state index in [1.54, 1.807) is 0 Å². The predicted molar refractivity (Wildman–Crippen MR) is 118 cm³/mol. The van der Waals surface area contributed by atoms with Gasteiger partial charge in [-0.3, -0.25) is 9.59 Å². The number of nitrogens with one attached hydrogen (secondary N) is 1. The first-order valence-corrected chi connectivity index (χ1v) is 10.4. The Balaban J connectivity index is 1.51. The van der Waals surface area contributed by atoms with Crippen molar-refractivity contribution in [3.05, 3.63) is 107 Å². The summed E-state index contributed by atoms with van der Waals surface area (Å²) < 4.78 is 0. The fourth-order valence-corrected chi connectivity index (χ4v) is 3.83. The highest BCUT2D eigenvalue weighted by Gasteiger charge is 2.21. The van der Waals surface area contributed by atoms with Gasteiger partial charge in [-0.05, 0) is 42.2 Å². The monoisotopic (exact) mass is 398 g/mol. The number of likely N-dealkylation sites (tertiary alicyclic amines) is 1. The molecule has 0 bridgehead atoms. The molecule has 4 nitrogen and oxygen atoms in total. The number of benzene rings is 3. The van der Waals surface area contributed by atoms with E-state index in [0.29, 0.717) is 18.5 Å². The summed E-state index contributed by atoms with van der Waals surface area (Å²) in [5, 5.41) is 3.18. The highest BCUT2D eigenvalue weighted by Crippen LogP contribution is 2.23. The Kier molecular flexibility index (Phi) is 5.94. The van der Waals surface area contributed by atoms with Crippen molar-refractivity contribution in [1.29, 1.82) is 0 Å². The van der Waals surface area contributed by atoms with Crippen LogP contribution in [0.15, 0.2) is 78.9 Å². The van der Waals surface area contributed by atoms with Crippen molar-refractivity contribution < 1.29 is 9.59 Å². The Morgan fingerprint density at radius 3 is 2.23 bits per heavy atom. The van der Waals surface area contributed by atoms with Gasteiger partial charge in [0.1, 0.15) is 0 Å². The lowest BCUT2D eigenvalue weighted by Gasteiger charge is -2.20. The molecule has 152 valence electrons. The summed E-state index contributed by atoms with van der Waals surface area (Å²) in [5.41, 5.74) is 4.92. The van der Waals surface area contributed by atoms with E-state index >= 15 is 0 Å². The zero-order valence-electron chi connectivity index (χ0n) is 17.2. The van der Waals surface area contributed by atoms with Crippen LogP contribution in [-0.4, -0.2) is 23.3 Å². The van der Waals surface area contributed by atoms with Crippen molar-refractivity contribution in [3.63, 3.8) is 0 Å². The maximum absolute atomic E-state index is 13.0. The Morgan fingerprint density at radius 2 is 1.60 bits per heavy atom. The van der Waals surface area contributed by atoms with Gasteiger partial charge in [0.15, 0.2) is 0 Å². The summed E-state index contributed by atoms with van der Waals surface area (Å²) in [6.07, 6.45) is 1.57. The number of carbonyl (C=O) groups is 2. The normalized spacial score (nSPS) is 14.6. The van der Waals surface area contributed by atoms with E-state index in [9.17, 15) is 9.59 Å². The van der Waals surface area contributed by atoms with Crippen LogP contribution in [0.5, 0.6) is 0 Å². The Bertz CT molecular complexity index is 1010. The Morgan fingerprint density at radius 1 is 0.933 bits per heavy atom. The molecule has 1 fully saturated rings. The standard InChI is InChI=1S/C26H26N2O2/c1-19-9-13-22(14-10-19)25(21-6-3-2-4-7-21)27-26(30)23-15-11-20(12-16-23)18-28-17-5-8-24(28)29/h2-4,6-7,9-16,25H,5,8,17-18H2,1H3,(H,27,30)/t25-/m1/s1. The molecule has 1 aliphatic rings. The highest BCUT2D eigenvalue weighted by atomic mass is 16.2. The zero-order chi connectivity index (χ0) is 20.9. The van der Waals surface area contributed by atoms with Crippen molar-refractivity contribution in [3.8, 4) is 0 Å². The van der Waals surface area contributed by atoms with Gasteiger partial charge in [-0.25, -0.2) is 0 Å². The number of amides is 2. The molecule has 1 N–H and O–H groups in total. The summed E-state index contributed by atoms with van der Waals surface area (Å²) in [4.78, 5) is 26.7. The molecule has 1 aliphatic heterocycles. The molecule has 4 rings (SSSR count). The number of nitrogens with zero attached hydrogens (tertiary/aromatic N) is 1. The molecule has 0 spiro atoms. The lowest BCUT2D eigenvalue weighted by molar-refractivity contribution is -0.128. The molecule has 1 saturated heterocycles. The lowest BCUT2D eigenvalue weighted by Crippen LogP contribution is -2.29. The first-order chi connectivity index (χ1) is 14.6. The van der Waals surface area contributed by atoms with Gasteiger partial charge in [0, 0.05) is 25.1 Å². The maximum atomic E-state index is 13.0. The van der Waals surface area contributed by atoms with E-state index in [-0.39, 0.29) is 17.9 Å². The number of carbonyl (C=O) groups excluding carboxylic acids is 2. The molecule has 2 amide bonds. The molecule has 0 radical (unpaired) electrons. The Hall–Kier alpha value is -3.40. The number of hydrogen-bond acceptors (Lipinski definition) is 2. The van der Waals surface area contributed by atoms with Crippen molar-refractivity contribution >= 4 is 11.8 Å². The maximum Gasteiger partial charge on any atom is 0.252 e. The minimum atomic E-state index is -0.221. The third-order valence-electron chi connectivity index (χ3n) is 5.58. The van der Waals surface area contributed by atoms with Crippen LogP contribution >= 0.6 is 0 Å². The van der Waals surface area contributed by atoms with Crippen LogP contribution in [0.3, 0.4) is 0 Å². The molecule has 3 aromatic rings. The van der Waals surface area contributed by atoms with Crippen LogP contribution in [0, 0.1) is 6.92 Å². The third-order valence-corrected chi connectivity index (χ3v) is 5.58. The van der Waals surface area contributed by atoms with Crippen LogP contribution in [0.25, 0.3) is 0 Å². The van der Waals surface area contributed by atoms with E-state index in [4.69, 9.17) is 0 Å². The van der Waals surface area contributed by atoms with E-state index in [2.05, 4.69) is 36.5 Å². The molecule has 0 saturated carbocycles. The summed E-state index contributed by atoms with van der Waals surface area (Å²) in [6.45, 7) is 3.48. The van der Waals surface area contributed by atoms with Crippen LogP contribution < -0.4 is 5.32 Å². The lowest BCUT2D eigenvalue weighted by atomic mass is 9.97. The van der Waals surface area contributed by atoms with Gasteiger partial charge in [0.05, 0.1) is 6.04 Å². The van der Waals surface area contributed by atoms with Gasteiger partial charge in [-0.15, -0.1) is 0 Å². The van der Waals surface area contributed by atoms with Gasteiger partial charge in [-0.2, -0.15) is 0 Å². The van der Waals surface area contributed by atoms with Crippen molar-refractivity contribution in [2.75, 3.05) is 6.54 Å². The molecule has 1 atom stereocenters. The second kappa shape index (κ2) is 8.95. The number of aryl methyl sites for hydroxylation is 1. The minimum absolute atomic E-state index is 0.117. The quantitative estimate of drug-likeness (QED) is 0.658. The average molecular weight is 399 g/mol. The van der Waals surface area contributed by atoms with E-state index in [1.807, 2.05) is 59.5 Å². The summed E-state index contributed by atoms with van der Waals surface area (Å²) >= 11 is 0. The topological polar surface area (TPSA) is 49.4 Å². The third kappa shape index (κ3) is 4.60. The fourth-order valence-electron chi connectivity index (χ4n) is 3.83. The SMILES string of the molecule is Cc1ccc([C@H](NC(=O)c2ccc(CN3CCCC3=O)cc2)c2ccccc2)cc1. The van der Waals surface area contributed by atoms with Gasteiger partial charge < -0.3 is 10.2 Å². The molecular weight excluding hydrogens is 372 g/mol. The molecule has 4 heteroatoms. The largest absolute Gasteiger partial charge is 0.341 e. The summed E-state index contributed by atoms with van der Waals surface area (Å²) in [7, 11) is 0. The second-order valence-corrected chi connectivity index (χ2v) is 7.84. The average Bonchev–Trinajstić information content (AvgIpc) is 3.18. The molecular formula is C26H26N2O2. The molecule has 3 aromatic carbocycles. The smallest absolute Gasteiger partial charge is 0.252 e. The minimum Gasteiger partial charge on any atom is -0.341 e. The first kappa shape index (κ1) is 19.9. The van der Waals surface area contributed by atoms with E-state index in [1.165, 1.54) is 5.56 Å². The van der Waals surface area contributed by atoms with Gasteiger partial charge in [-0.1, -0.05) is 72.3 Å². The summed E-state index contributed by atoms with van der Waals surface area (Å²) in [5.74, 6) is 0.0915. The first-order valence-electron chi connectivity index (χ1n) is 10.4. The molecule has 1 heterocycles. The molecule has 0 unspecified atom stereocenters. The summed E-state index contributed by atoms with van der Waals surface area (Å²) in [6, 6.07) is 25.6. The van der Waals surface area contributed by atoms with Crippen LogP contribution in [0.1, 0.15) is 51.5 Å². The van der Waals surface area contributed by atoms with Crippen molar-refractivity contribution in [2.45, 2.75) is 32.4 Å². The van der Waals surface area contributed by atoms with Crippen LogP contribution in [0.2, 0.25) is 0 Å². The van der Waals surface area contributed by atoms with Crippen LogP contribution in [0.4, 0.5) is 0 Å². The highest BCUT2D eigenvalue weighted by molar-refractivity contribution is 5.94. The fraction of sp³-hybridized carbons (Fsp3) is 0.231. The van der Waals surface area contributed by atoms with Crippen molar-refractivity contribution in [1.82, 2.24) is 10.2 Å². The number of rotatable bonds is 6. The second-order valence-electron chi connectivity index (χ2n) is 7.84. The van der Waals surface area contributed by atoms with Crippen LogP contribution in [-0.2, 0) is 11.3 Å². The van der Waals surface area contributed by atoms with E-state index < -0.39 is 0 Å². The van der Waals surface area contributed by atoms with Gasteiger partial charge in [0.2, 0.25) is 5.91 Å². The van der Waals surface area contributed by atoms with Gasteiger partial charge >= 0.3 is 0 Å². The van der Waals surface area contributed by atoms with Gasteiger partial charge in [0.25, 0.3) is 5.91 Å². The van der Waals surface area contributed by atoms with Crippen molar-refractivity contribution in [2.24, 2.45) is 0 Å². The number of hydrogen-bond donors (Lipinski definition) is 1. The predicted octanol–water partition coefficient (Wildman–Crippen LogP) is 4.64. The zero-order valence-corrected chi connectivity index (χ0v) is 17.2.